The summed E-state index contributed by atoms with van der Waals surface area (Å²) in [5.74, 6) is 0.512. The highest BCUT2D eigenvalue weighted by Crippen LogP contribution is 2.20. The summed E-state index contributed by atoms with van der Waals surface area (Å²) in [7, 11) is 0. The monoisotopic (exact) mass is 931 g/mol. The number of nitrogens with zero attached hydrogens (tertiary/aromatic N) is 5. The number of nitrogens with one attached hydrogen (secondary N) is 3. The molecule has 372 valence electrons. The third kappa shape index (κ3) is 23.5. The van der Waals surface area contributed by atoms with Crippen molar-refractivity contribution in [2.75, 3.05) is 39.3 Å². The largest absolute Gasteiger partial charge is 0.494 e. The van der Waals surface area contributed by atoms with E-state index in [9.17, 15) is 24.0 Å². The van der Waals surface area contributed by atoms with Crippen LogP contribution in [0.4, 0.5) is 24.0 Å². The van der Waals surface area contributed by atoms with E-state index in [1.807, 2.05) is 20.8 Å². The zero-order chi connectivity index (χ0) is 50.1. The molecule has 0 fully saturated rings. The number of amides is 5. The molecular weight excluding hydrogens is 853 g/mol. The second-order valence-corrected chi connectivity index (χ2v) is 20.8. The first kappa shape index (κ1) is 56.5. The lowest BCUT2D eigenvalue weighted by Crippen LogP contribution is -2.53. The fraction of sp³-hybridized carbons (Fsp3) is 0.702. The number of guanidine groups is 2. The Bertz CT molecular complexity index is 1850. The molecule has 0 saturated heterocycles. The maximum atomic E-state index is 14.0. The summed E-state index contributed by atoms with van der Waals surface area (Å²) in [6, 6.07) is 6.49. The Labute approximate surface area is 392 Å². The van der Waals surface area contributed by atoms with Gasteiger partial charge >= 0.3 is 30.5 Å². The van der Waals surface area contributed by atoms with Crippen LogP contribution in [0.15, 0.2) is 34.3 Å². The van der Waals surface area contributed by atoms with E-state index in [4.69, 9.17) is 33.8 Å². The number of hydrogen-bond acceptors (Lipinski definition) is 14. The van der Waals surface area contributed by atoms with Gasteiger partial charge in [0.25, 0.3) is 0 Å². The summed E-state index contributed by atoms with van der Waals surface area (Å²) >= 11 is 0. The van der Waals surface area contributed by atoms with E-state index < -0.39 is 58.5 Å². The Balaban J connectivity index is 2.23. The van der Waals surface area contributed by atoms with Gasteiger partial charge in [-0.05, 0) is 147 Å². The van der Waals surface area contributed by atoms with Gasteiger partial charge in [-0.25, -0.2) is 38.7 Å². The van der Waals surface area contributed by atoms with Crippen molar-refractivity contribution < 1.29 is 52.4 Å². The zero-order valence-electron chi connectivity index (χ0n) is 42.2. The number of carbonyl (C=O) groups excluding carboxylic acids is 5. The predicted molar refractivity (Wildman–Crippen MR) is 253 cm³/mol. The predicted octanol–water partition coefficient (Wildman–Crippen LogP) is 9.61. The summed E-state index contributed by atoms with van der Waals surface area (Å²) < 4.78 is 33.9. The van der Waals surface area contributed by atoms with Crippen molar-refractivity contribution in [3.8, 4) is 5.75 Å². The Morgan fingerprint density at radius 2 is 1.14 bits per heavy atom. The number of carbonyl (C=O) groups is 5. The van der Waals surface area contributed by atoms with Crippen molar-refractivity contribution >= 4 is 48.2 Å². The third-order valence-corrected chi connectivity index (χ3v) is 8.41. The standard InChI is InChI=1S/C47H78N8O11/c1-43(2,3)62-38(56)51-35(48)33-23-25-34(26-24-33)61-32-22-30-55(42(60)66-47(13,14)15)37(52-39(57)63-44(4,5)6)54(41(59)65-46(10,11)12)29-21-19-17-16-18-20-27-49-36-50-28-31-53(36)40(58)64-45(7,8)9/h23-26H,16-22,27-32H2,1-15H3,(H,49,50)(H2,48,51,56)/b52-37-. The topological polar surface area (TPSA) is 223 Å². The number of aliphatic imine (C=N–C) groups is 2. The lowest BCUT2D eigenvalue weighted by Gasteiger charge is -2.34. The maximum Gasteiger partial charge on any atom is 0.437 e. The van der Waals surface area contributed by atoms with Gasteiger partial charge in [-0.15, -0.1) is 4.99 Å². The maximum absolute atomic E-state index is 14.0. The van der Waals surface area contributed by atoms with Crippen molar-refractivity contribution in [3.63, 3.8) is 0 Å². The molecule has 3 N–H and O–H groups in total. The van der Waals surface area contributed by atoms with E-state index in [-0.39, 0.29) is 37.9 Å². The minimum Gasteiger partial charge on any atom is -0.494 e. The van der Waals surface area contributed by atoms with Crippen LogP contribution in [0.1, 0.15) is 154 Å². The molecule has 1 aromatic rings. The van der Waals surface area contributed by atoms with Crippen molar-refractivity contribution in [1.29, 1.82) is 5.41 Å². The Morgan fingerprint density at radius 1 is 0.652 bits per heavy atom. The van der Waals surface area contributed by atoms with Crippen LogP contribution in [0.25, 0.3) is 0 Å². The van der Waals surface area contributed by atoms with Gasteiger partial charge in [0.15, 0.2) is 0 Å². The number of benzene rings is 1. The quantitative estimate of drug-likeness (QED) is 0.0647. The Kier molecular flexibility index (Phi) is 21.2. The van der Waals surface area contributed by atoms with Gasteiger partial charge < -0.3 is 33.7 Å². The second kappa shape index (κ2) is 24.8. The fourth-order valence-electron chi connectivity index (χ4n) is 5.82. The fourth-order valence-corrected chi connectivity index (χ4v) is 5.82. The molecule has 0 atom stereocenters. The van der Waals surface area contributed by atoms with E-state index in [2.05, 4.69) is 20.6 Å². The van der Waals surface area contributed by atoms with Gasteiger partial charge in [-0.3, -0.25) is 15.7 Å². The van der Waals surface area contributed by atoms with E-state index in [0.717, 1.165) is 30.6 Å². The number of amidine groups is 1. The van der Waals surface area contributed by atoms with Gasteiger partial charge in [-0.2, -0.15) is 0 Å². The van der Waals surface area contributed by atoms with Gasteiger partial charge in [0.05, 0.1) is 19.7 Å². The molecular formula is C47H78N8O11. The average molecular weight is 931 g/mol. The summed E-state index contributed by atoms with van der Waals surface area (Å²) in [4.78, 5) is 78.7. The SMILES string of the molecule is CC(C)(C)OC(=O)/N=C(/N(CCCCCCCCNC1=NCCN1C(=O)OC(C)(C)C)C(=O)OC(C)(C)C)N(CCCOc1ccc(C(=N)NC(=O)OC(C)(C)C)cc1)C(=O)OC(C)(C)C. The molecule has 5 amide bonds. The normalized spacial score (nSPS) is 13.5. The first-order valence-electron chi connectivity index (χ1n) is 22.8. The molecule has 0 saturated carbocycles. The van der Waals surface area contributed by atoms with Crippen LogP contribution in [0.5, 0.6) is 5.75 Å². The minimum atomic E-state index is -1.02. The van der Waals surface area contributed by atoms with Crippen LogP contribution in [0, 0.1) is 5.41 Å². The first-order valence-corrected chi connectivity index (χ1v) is 22.8. The molecule has 0 aliphatic carbocycles. The Morgan fingerprint density at radius 3 is 1.65 bits per heavy atom. The number of rotatable bonds is 15. The molecule has 1 aliphatic heterocycles. The lowest BCUT2D eigenvalue weighted by molar-refractivity contribution is 0.0266. The van der Waals surface area contributed by atoms with Crippen molar-refractivity contribution in [3.05, 3.63) is 29.8 Å². The lowest BCUT2D eigenvalue weighted by atomic mass is 10.1. The third-order valence-electron chi connectivity index (χ3n) is 8.41. The summed E-state index contributed by atoms with van der Waals surface area (Å²) in [5, 5.41) is 13.9. The summed E-state index contributed by atoms with van der Waals surface area (Å²) in [5.41, 5.74) is -3.73. The highest BCUT2D eigenvalue weighted by molar-refractivity contribution is 6.05. The number of unbranched alkanes of at least 4 members (excludes halogenated alkanes) is 5. The molecule has 0 unspecified atom stereocenters. The highest BCUT2D eigenvalue weighted by atomic mass is 16.6. The number of hydrogen-bond donors (Lipinski definition) is 3. The van der Waals surface area contributed by atoms with Crippen LogP contribution in [0.2, 0.25) is 0 Å². The van der Waals surface area contributed by atoms with E-state index >= 15 is 0 Å². The molecule has 1 heterocycles. The molecule has 0 bridgehead atoms. The van der Waals surface area contributed by atoms with Crippen LogP contribution in [0.3, 0.4) is 0 Å². The number of alkyl carbamates (subject to hydrolysis) is 1. The molecule has 19 nitrogen and oxygen atoms in total. The molecule has 0 aromatic heterocycles. The molecule has 1 aliphatic rings. The second-order valence-electron chi connectivity index (χ2n) is 20.8. The molecule has 1 aromatic carbocycles. The molecule has 19 heteroatoms. The molecule has 2 rings (SSSR count). The van der Waals surface area contributed by atoms with Crippen LogP contribution < -0.4 is 15.4 Å². The highest BCUT2D eigenvalue weighted by Gasteiger charge is 2.36. The van der Waals surface area contributed by atoms with Crippen LogP contribution in [-0.2, 0) is 23.7 Å². The van der Waals surface area contributed by atoms with Gasteiger partial charge in [-0.1, -0.05) is 25.7 Å². The summed E-state index contributed by atoms with van der Waals surface area (Å²) in [6.45, 7) is 27.6. The van der Waals surface area contributed by atoms with E-state index in [1.54, 1.807) is 107 Å². The van der Waals surface area contributed by atoms with Gasteiger partial charge in [0, 0.05) is 25.2 Å². The van der Waals surface area contributed by atoms with Crippen molar-refractivity contribution in [2.45, 2.75) is 177 Å². The first-order chi connectivity index (χ1) is 30.3. The van der Waals surface area contributed by atoms with Gasteiger partial charge in [0.1, 0.15) is 39.6 Å². The molecule has 0 radical (unpaired) electrons. The molecule has 0 spiro atoms. The van der Waals surface area contributed by atoms with Crippen LogP contribution >= 0.6 is 0 Å². The Hall–Kier alpha value is -5.62. The summed E-state index contributed by atoms with van der Waals surface area (Å²) in [6.07, 6.45) is 1.01. The zero-order valence-corrected chi connectivity index (χ0v) is 42.2. The molecule has 66 heavy (non-hydrogen) atoms. The minimum absolute atomic E-state index is 0.0539. The van der Waals surface area contributed by atoms with E-state index in [1.165, 1.54) is 9.80 Å². The average Bonchev–Trinajstić information content (AvgIpc) is 3.60. The number of ether oxygens (including phenoxy) is 6. The van der Waals surface area contributed by atoms with Crippen LogP contribution in [-0.4, -0.2) is 130 Å². The van der Waals surface area contributed by atoms with Gasteiger partial charge in [0.2, 0.25) is 11.9 Å². The van der Waals surface area contributed by atoms with E-state index in [0.29, 0.717) is 49.7 Å². The van der Waals surface area contributed by atoms with Crippen molar-refractivity contribution in [2.24, 2.45) is 9.98 Å². The van der Waals surface area contributed by atoms with Crippen molar-refractivity contribution in [1.82, 2.24) is 25.3 Å². The smallest absolute Gasteiger partial charge is 0.437 e.